The van der Waals surface area contributed by atoms with Gasteiger partial charge in [0.2, 0.25) is 17.7 Å². The monoisotopic (exact) mass is 541 g/mol. The van der Waals surface area contributed by atoms with Gasteiger partial charge in [-0.15, -0.1) is 0 Å². The molecule has 0 saturated carbocycles. The molecule has 0 spiro atoms. The number of ether oxygens (including phenoxy) is 2. The molecule has 38 heavy (non-hydrogen) atoms. The molecule has 1 saturated heterocycles. The fourth-order valence-electron chi connectivity index (χ4n) is 5.38. The highest BCUT2D eigenvalue weighted by atomic mass is 16.5. The zero-order valence-corrected chi connectivity index (χ0v) is 24.8. The molecular weight excluding hydrogens is 490 g/mol. The topological polar surface area (TPSA) is 125 Å². The molecule has 10 nitrogen and oxygen atoms in total. The molecule has 0 radical (unpaired) electrons. The summed E-state index contributed by atoms with van der Waals surface area (Å²) in [4.78, 5) is 54.2. The summed E-state index contributed by atoms with van der Waals surface area (Å²) in [6.07, 6.45) is 1.21. The van der Waals surface area contributed by atoms with Crippen molar-refractivity contribution >= 4 is 24.0 Å². The summed E-state index contributed by atoms with van der Waals surface area (Å²) in [6, 6.07) is -1.60. The van der Waals surface area contributed by atoms with Crippen LogP contribution in [0.2, 0.25) is 0 Å². The lowest BCUT2D eigenvalue weighted by molar-refractivity contribution is -0.146. The summed E-state index contributed by atoms with van der Waals surface area (Å²) in [5.74, 6) is -0.816. The largest absolute Gasteiger partial charge is 0.391 e. The number of nitrogens with zero attached hydrogens (tertiary/aromatic N) is 2. The van der Waals surface area contributed by atoms with Crippen LogP contribution in [0, 0.1) is 17.8 Å². The number of hydrogen-bond donors (Lipinski definition) is 2. The molecule has 0 aromatic heterocycles. The van der Waals surface area contributed by atoms with Crippen molar-refractivity contribution in [1.29, 1.82) is 0 Å². The molecule has 1 fully saturated rings. The molecule has 8 atom stereocenters. The molecule has 3 amide bonds. The lowest BCUT2D eigenvalue weighted by atomic mass is 9.90. The van der Waals surface area contributed by atoms with Gasteiger partial charge in [0.1, 0.15) is 12.3 Å². The minimum Gasteiger partial charge on any atom is -0.391 e. The lowest BCUT2D eigenvalue weighted by Gasteiger charge is -2.39. The van der Waals surface area contributed by atoms with Crippen molar-refractivity contribution in [3.8, 4) is 0 Å². The van der Waals surface area contributed by atoms with Crippen LogP contribution >= 0.6 is 0 Å². The van der Waals surface area contributed by atoms with Gasteiger partial charge in [0.25, 0.3) is 0 Å². The highest BCUT2D eigenvalue weighted by molar-refractivity contribution is 5.83. The Morgan fingerprint density at radius 2 is 1.74 bits per heavy atom. The molecule has 0 aliphatic carbocycles. The van der Waals surface area contributed by atoms with E-state index in [2.05, 4.69) is 19.2 Å². The Balaban J connectivity index is 3.09. The fourth-order valence-corrected chi connectivity index (χ4v) is 5.38. The van der Waals surface area contributed by atoms with Crippen molar-refractivity contribution in [2.75, 3.05) is 27.8 Å². The average molecular weight is 542 g/mol. The molecule has 8 unspecified atom stereocenters. The Hall–Kier alpha value is -2.04. The molecule has 0 aromatic rings. The van der Waals surface area contributed by atoms with Crippen LogP contribution in [0.15, 0.2) is 0 Å². The number of methoxy groups -OCH3 is 2. The van der Waals surface area contributed by atoms with Crippen molar-refractivity contribution in [3.63, 3.8) is 0 Å². The molecule has 0 bridgehead atoms. The summed E-state index contributed by atoms with van der Waals surface area (Å²) in [6.45, 7) is 11.8. The van der Waals surface area contributed by atoms with Gasteiger partial charge in [0, 0.05) is 34.2 Å². The predicted molar refractivity (Wildman–Crippen MR) is 145 cm³/mol. The Labute approximate surface area is 228 Å². The number of likely N-dealkylation sites (tertiary alicyclic amines) is 1. The first kappa shape index (κ1) is 34.0. The molecule has 220 valence electrons. The molecular formula is C28H51N3O7. The number of rotatable bonds is 16. The zero-order valence-electron chi connectivity index (χ0n) is 24.8. The van der Waals surface area contributed by atoms with Gasteiger partial charge in [-0.2, -0.15) is 0 Å². The molecule has 2 N–H and O–H groups in total. The van der Waals surface area contributed by atoms with Gasteiger partial charge >= 0.3 is 0 Å². The molecule has 10 heteroatoms. The van der Waals surface area contributed by atoms with Crippen LogP contribution in [0.3, 0.4) is 0 Å². The van der Waals surface area contributed by atoms with E-state index in [1.165, 1.54) is 14.0 Å². The Morgan fingerprint density at radius 3 is 2.21 bits per heavy atom. The normalized spacial score (nSPS) is 21.2. The van der Waals surface area contributed by atoms with Gasteiger partial charge in [0.05, 0.1) is 42.7 Å². The van der Waals surface area contributed by atoms with E-state index < -0.39 is 36.2 Å². The molecule has 1 rings (SSSR count). The van der Waals surface area contributed by atoms with Crippen LogP contribution in [0.5, 0.6) is 0 Å². The molecule has 1 aliphatic rings. The second-order valence-electron chi connectivity index (χ2n) is 11.2. The third-order valence-corrected chi connectivity index (χ3v) is 7.86. The number of aliphatic hydroxyl groups is 1. The maximum Gasteiger partial charge on any atom is 0.226 e. The van der Waals surface area contributed by atoms with Gasteiger partial charge < -0.3 is 34.5 Å². The number of aldehydes is 1. The van der Waals surface area contributed by atoms with Crippen molar-refractivity contribution in [1.82, 2.24) is 15.1 Å². The quantitative estimate of drug-likeness (QED) is 0.286. The maximum atomic E-state index is 13.6. The van der Waals surface area contributed by atoms with Crippen LogP contribution in [0.1, 0.15) is 73.6 Å². The van der Waals surface area contributed by atoms with Gasteiger partial charge in [-0.3, -0.25) is 14.4 Å². The highest BCUT2D eigenvalue weighted by Gasteiger charge is 2.42. The van der Waals surface area contributed by atoms with Crippen LogP contribution in [0.25, 0.3) is 0 Å². The molecule has 1 aliphatic heterocycles. The van der Waals surface area contributed by atoms with E-state index >= 15 is 0 Å². The third-order valence-electron chi connectivity index (χ3n) is 7.86. The predicted octanol–water partition coefficient (Wildman–Crippen LogP) is 2.02. The first-order valence-corrected chi connectivity index (χ1v) is 13.9. The molecule has 0 aromatic carbocycles. The Kier molecular flexibility index (Phi) is 14.4. The molecule has 1 heterocycles. The zero-order chi connectivity index (χ0) is 29.2. The van der Waals surface area contributed by atoms with Crippen LogP contribution < -0.4 is 5.32 Å². The maximum absolute atomic E-state index is 13.6. The summed E-state index contributed by atoms with van der Waals surface area (Å²) in [7, 11) is 4.87. The number of amides is 3. The second kappa shape index (κ2) is 16.2. The first-order valence-electron chi connectivity index (χ1n) is 13.9. The third kappa shape index (κ3) is 9.02. The van der Waals surface area contributed by atoms with Crippen molar-refractivity contribution < 1.29 is 33.8 Å². The Bertz CT molecular complexity index is 776. The summed E-state index contributed by atoms with van der Waals surface area (Å²) in [5.41, 5.74) is 0. The summed E-state index contributed by atoms with van der Waals surface area (Å²) < 4.78 is 11.6. The van der Waals surface area contributed by atoms with E-state index in [0.29, 0.717) is 25.7 Å². The van der Waals surface area contributed by atoms with Crippen molar-refractivity contribution in [2.45, 2.75) is 110 Å². The smallest absolute Gasteiger partial charge is 0.226 e. The lowest BCUT2D eigenvalue weighted by Crippen LogP contribution is -2.54. The van der Waals surface area contributed by atoms with Crippen LogP contribution in [-0.2, 0) is 28.7 Å². The number of nitrogens with one attached hydrogen (secondary N) is 1. The first-order chi connectivity index (χ1) is 17.8. The van der Waals surface area contributed by atoms with E-state index in [9.17, 15) is 24.3 Å². The SMILES string of the molecule is CCC(C)C(C(CC(=O)N1CCCC1C(OC)C(C)C(=O)NC(C=O)C(C)O)OC)N(C)C(=O)CC(C)C. The fraction of sp³-hybridized carbons (Fsp3) is 0.857. The Morgan fingerprint density at radius 1 is 1.11 bits per heavy atom. The standard InChI is InChI=1S/C28H51N3O7/c1-10-18(4)26(30(7)24(34)14-17(2)3)23(37-8)15-25(35)31-13-11-12-22(31)27(38-9)19(5)28(36)29-21(16-32)20(6)33/h16-23,26-27,33H,10-15H2,1-9H3,(H,29,36). The minimum absolute atomic E-state index is 0.0314. The summed E-state index contributed by atoms with van der Waals surface area (Å²) in [5, 5.41) is 12.3. The number of hydrogen-bond acceptors (Lipinski definition) is 7. The number of carbonyl (C=O) groups is 4. The van der Waals surface area contributed by atoms with Crippen LogP contribution in [0.4, 0.5) is 0 Å². The van der Waals surface area contributed by atoms with Gasteiger partial charge in [-0.05, 0) is 31.6 Å². The van der Waals surface area contributed by atoms with Crippen molar-refractivity contribution in [2.24, 2.45) is 17.8 Å². The highest BCUT2D eigenvalue weighted by Crippen LogP contribution is 2.29. The van der Waals surface area contributed by atoms with Crippen LogP contribution in [-0.4, -0.2) is 103 Å². The minimum atomic E-state index is -1.02. The van der Waals surface area contributed by atoms with Gasteiger partial charge in [-0.1, -0.05) is 41.0 Å². The number of likely N-dealkylation sites (N-methyl/N-ethyl adjacent to an activating group) is 1. The van der Waals surface area contributed by atoms with E-state index in [4.69, 9.17) is 9.47 Å². The summed E-state index contributed by atoms with van der Waals surface area (Å²) >= 11 is 0. The number of carbonyl (C=O) groups excluding carboxylic acids is 4. The average Bonchev–Trinajstić information content (AvgIpc) is 3.35. The van der Waals surface area contributed by atoms with E-state index in [-0.39, 0.29) is 42.2 Å². The van der Waals surface area contributed by atoms with E-state index in [1.807, 2.05) is 13.8 Å². The van der Waals surface area contributed by atoms with E-state index in [0.717, 1.165) is 12.8 Å². The van der Waals surface area contributed by atoms with Crippen molar-refractivity contribution in [3.05, 3.63) is 0 Å². The van der Waals surface area contributed by atoms with Gasteiger partial charge in [0.15, 0.2) is 0 Å². The number of aliphatic hydroxyl groups excluding tert-OH is 1. The van der Waals surface area contributed by atoms with E-state index in [1.54, 1.807) is 30.9 Å². The second-order valence-corrected chi connectivity index (χ2v) is 11.2. The van der Waals surface area contributed by atoms with Gasteiger partial charge in [-0.25, -0.2) is 0 Å².